The van der Waals surface area contributed by atoms with Crippen LogP contribution in [0, 0.1) is 13.8 Å². The monoisotopic (exact) mass is 451 g/mol. The van der Waals surface area contributed by atoms with Crippen LogP contribution in [0.15, 0.2) is 29.1 Å². The number of esters is 1. The number of hydrogen-bond donors (Lipinski definition) is 1. The Morgan fingerprint density at radius 2 is 1.79 bits per heavy atom. The molecule has 0 aliphatic carbocycles. The van der Waals surface area contributed by atoms with E-state index in [0.29, 0.717) is 34.1 Å². The molecule has 1 aromatic carbocycles. The van der Waals surface area contributed by atoms with Gasteiger partial charge in [0, 0.05) is 23.2 Å². The molecule has 2 heterocycles. The maximum atomic E-state index is 13.0. The number of aryl methyl sites for hydroxylation is 2. The summed E-state index contributed by atoms with van der Waals surface area (Å²) >= 11 is 0. The van der Waals surface area contributed by atoms with Gasteiger partial charge in [-0.05, 0) is 45.7 Å². The van der Waals surface area contributed by atoms with Crippen LogP contribution >= 0.6 is 0 Å². The Hall–Kier alpha value is -3.55. The number of hydrogen-bond acceptors (Lipinski definition) is 6. The van der Waals surface area contributed by atoms with E-state index in [4.69, 9.17) is 4.74 Å². The summed E-state index contributed by atoms with van der Waals surface area (Å²) in [6.45, 7) is 8.76. The first kappa shape index (κ1) is 24.1. The molecule has 1 atom stereocenters. The van der Waals surface area contributed by atoms with Gasteiger partial charge in [-0.3, -0.25) is 14.4 Å². The lowest BCUT2D eigenvalue weighted by atomic mass is 10.0. The molecule has 0 radical (unpaired) electrons. The van der Waals surface area contributed by atoms with Gasteiger partial charge in [0.05, 0.1) is 11.1 Å². The molecular formula is C25H29N3O5. The van der Waals surface area contributed by atoms with E-state index in [-0.39, 0.29) is 22.7 Å². The van der Waals surface area contributed by atoms with E-state index in [1.54, 1.807) is 38.1 Å². The molecule has 1 unspecified atom stereocenters. The van der Waals surface area contributed by atoms with Crippen LogP contribution < -0.4 is 5.56 Å². The molecule has 2 aromatic heterocycles. The Kier molecular flexibility index (Phi) is 7.26. The largest absolute Gasteiger partial charge is 0.449 e. The van der Waals surface area contributed by atoms with Gasteiger partial charge in [0.15, 0.2) is 17.6 Å². The first-order valence-corrected chi connectivity index (χ1v) is 11.1. The van der Waals surface area contributed by atoms with Gasteiger partial charge in [-0.15, -0.1) is 0 Å². The lowest BCUT2D eigenvalue weighted by Crippen LogP contribution is -2.29. The highest BCUT2D eigenvalue weighted by Crippen LogP contribution is 2.21. The number of fused-ring (bicyclic) bond motifs is 1. The maximum absolute atomic E-state index is 13.0. The molecular weight excluding hydrogens is 422 g/mol. The third-order valence-electron chi connectivity index (χ3n) is 5.72. The predicted octanol–water partition coefficient (Wildman–Crippen LogP) is 4.16. The second kappa shape index (κ2) is 9.94. The first-order valence-electron chi connectivity index (χ1n) is 11.1. The van der Waals surface area contributed by atoms with Crippen LogP contribution in [0.4, 0.5) is 0 Å². The summed E-state index contributed by atoms with van der Waals surface area (Å²) in [6, 6.07) is 6.73. The highest BCUT2D eigenvalue weighted by Gasteiger charge is 2.28. The number of H-pyrrole nitrogens is 1. The number of benzene rings is 1. The van der Waals surface area contributed by atoms with E-state index in [2.05, 4.69) is 17.0 Å². The van der Waals surface area contributed by atoms with Crippen LogP contribution in [0.2, 0.25) is 0 Å². The van der Waals surface area contributed by atoms with Crippen molar-refractivity contribution in [3.8, 4) is 0 Å². The number of ketones is 2. The SMILES string of the molecule is CCCCCn1nc(C(=O)OC(C)C(=O)c2[nH]c(C)c(C(C)=O)c2C)c2ccccc2c1=O. The fraction of sp³-hybridized carbons (Fsp3) is 0.400. The molecule has 0 spiro atoms. The minimum Gasteiger partial charge on any atom is -0.449 e. The first-order chi connectivity index (χ1) is 15.7. The van der Waals surface area contributed by atoms with Crippen molar-refractivity contribution >= 4 is 28.3 Å². The summed E-state index contributed by atoms with van der Waals surface area (Å²) in [5.74, 6) is -1.38. The predicted molar refractivity (Wildman–Crippen MR) is 125 cm³/mol. The van der Waals surface area contributed by atoms with Crippen LogP contribution in [0.1, 0.15) is 82.6 Å². The van der Waals surface area contributed by atoms with E-state index in [9.17, 15) is 19.2 Å². The molecule has 8 nitrogen and oxygen atoms in total. The topological polar surface area (TPSA) is 111 Å². The Labute approximate surface area is 192 Å². The van der Waals surface area contributed by atoms with E-state index >= 15 is 0 Å². The van der Waals surface area contributed by atoms with Crippen LogP contribution in [0.5, 0.6) is 0 Å². The summed E-state index contributed by atoms with van der Waals surface area (Å²) in [6.07, 6.45) is 1.56. The molecule has 1 N–H and O–H groups in total. The molecule has 0 saturated heterocycles. The number of ether oxygens (including phenoxy) is 1. The number of carbonyl (C=O) groups excluding carboxylic acids is 3. The van der Waals surface area contributed by atoms with Crippen LogP contribution in [-0.4, -0.2) is 38.4 Å². The third-order valence-corrected chi connectivity index (χ3v) is 5.72. The normalized spacial score (nSPS) is 12.0. The van der Waals surface area contributed by atoms with E-state index in [1.165, 1.54) is 18.5 Å². The number of nitrogens with one attached hydrogen (secondary N) is 1. The molecule has 174 valence electrons. The number of aromatic amines is 1. The van der Waals surface area contributed by atoms with Crippen molar-refractivity contribution in [1.29, 1.82) is 0 Å². The van der Waals surface area contributed by atoms with Crippen LogP contribution in [0.25, 0.3) is 10.8 Å². The number of carbonyl (C=O) groups is 3. The van der Waals surface area contributed by atoms with Crippen molar-refractivity contribution in [2.45, 2.75) is 66.5 Å². The van der Waals surface area contributed by atoms with Gasteiger partial charge in [-0.2, -0.15) is 5.10 Å². The zero-order chi connectivity index (χ0) is 24.3. The molecule has 0 bridgehead atoms. The zero-order valence-electron chi connectivity index (χ0n) is 19.7. The quantitative estimate of drug-likeness (QED) is 0.297. The number of nitrogens with zero attached hydrogens (tertiary/aromatic N) is 2. The van der Waals surface area contributed by atoms with Crippen molar-refractivity contribution < 1.29 is 19.1 Å². The lowest BCUT2D eigenvalue weighted by molar-refractivity contribution is 0.0311. The van der Waals surface area contributed by atoms with Gasteiger partial charge >= 0.3 is 5.97 Å². The summed E-state index contributed by atoms with van der Waals surface area (Å²) in [4.78, 5) is 53.7. The summed E-state index contributed by atoms with van der Waals surface area (Å²) in [7, 11) is 0. The van der Waals surface area contributed by atoms with Gasteiger partial charge < -0.3 is 9.72 Å². The van der Waals surface area contributed by atoms with Crippen LogP contribution in [-0.2, 0) is 11.3 Å². The van der Waals surface area contributed by atoms with E-state index in [0.717, 1.165) is 19.3 Å². The van der Waals surface area contributed by atoms with Crippen molar-refractivity contribution in [3.05, 3.63) is 62.8 Å². The number of unbranched alkanes of at least 4 members (excludes halogenated alkanes) is 2. The van der Waals surface area contributed by atoms with Crippen LogP contribution in [0.3, 0.4) is 0 Å². The average molecular weight is 452 g/mol. The minimum absolute atomic E-state index is 0.00911. The third kappa shape index (κ3) is 4.79. The summed E-state index contributed by atoms with van der Waals surface area (Å²) in [5, 5.41) is 5.03. The molecule has 33 heavy (non-hydrogen) atoms. The summed E-state index contributed by atoms with van der Waals surface area (Å²) < 4.78 is 6.76. The van der Waals surface area contributed by atoms with Gasteiger partial charge in [-0.1, -0.05) is 38.0 Å². The van der Waals surface area contributed by atoms with E-state index < -0.39 is 17.9 Å². The molecule has 8 heteroatoms. The molecule has 0 aliphatic rings. The standard InChI is InChI=1S/C25H29N3O5/c1-6-7-10-13-28-24(31)19-12-9-8-11-18(19)22(27-28)25(32)33-17(5)23(30)21-14(2)20(16(4)29)15(3)26-21/h8-9,11-12,17,26H,6-7,10,13H2,1-5H3. The Morgan fingerprint density at radius 1 is 1.12 bits per heavy atom. The van der Waals surface area contributed by atoms with Gasteiger partial charge in [0.2, 0.25) is 5.78 Å². The van der Waals surface area contributed by atoms with Crippen molar-refractivity contribution in [2.75, 3.05) is 0 Å². The van der Waals surface area contributed by atoms with Crippen molar-refractivity contribution in [3.63, 3.8) is 0 Å². The molecule has 0 amide bonds. The highest BCUT2D eigenvalue weighted by atomic mass is 16.5. The zero-order valence-corrected chi connectivity index (χ0v) is 19.7. The second-order valence-corrected chi connectivity index (χ2v) is 8.22. The lowest BCUT2D eigenvalue weighted by Gasteiger charge is -2.14. The van der Waals surface area contributed by atoms with Gasteiger partial charge in [0.1, 0.15) is 0 Å². The number of rotatable bonds is 9. The van der Waals surface area contributed by atoms with E-state index in [1.807, 2.05) is 0 Å². The van der Waals surface area contributed by atoms with Gasteiger partial charge in [-0.25, -0.2) is 9.48 Å². The molecule has 0 aliphatic heterocycles. The molecule has 3 rings (SSSR count). The molecule has 0 fully saturated rings. The Balaban J connectivity index is 1.92. The Bertz CT molecular complexity index is 1290. The maximum Gasteiger partial charge on any atom is 0.360 e. The Morgan fingerprint density at radius 3 is 2.39 bits per heavy atom. The fourth-order valence-electron chi connectivity index (χ4n) is 4.05. The fourth-order valence-corrected chi connectivity index (χ4v) is 4.05. The molecule has 0 saturated carbocycles. The smallest absolute Gasteiger partial charge is 0.360 e. The molecule has 3 aromatic rings. The average Bonchev–Trinajstić information content (AvgIpc) is 3.08. The van der Waals surface area contributed by atoms with Crippen molar-refractivity contribution in [2.24, 2.45) is 0 Å². The highest BCUT2D eigenvalue weighted by molar-refractivity contribution is 6.07. The minimum atomic E-state index is -1.12. The number of aromatic nitrogens is 3. The number of Topliss-reactive ketones (excluding diaryl/α,β-unsaturated/α-hetero) is 2. The van der Waals surface area contributed by atoms with Gasteiger partial charge in [0.25, 0.3) is 5.56 Å². The van der Waals surface area contributed by atoms with Crippen molar-refractivity contribution in [1.82, 2.24) is 14.8 Å². The second-order valence-electron chi connectivity index (χ2n) is 8.22. The summed E-state index contributed by atoms with van der Waals surface area (Å²) in [5.41, 5.74) is 1.54.